The SMILES string of the molecule is CC(C)(C)[C@H](/C=C/c1cccc2cccnc12)C(=O)O. The minimum Gasteiger partial charge on any atom is -0.481 e. The number of carboxylic acids is 1. The largest absolute Gasteiger partial charge is 0.481 e. The van der Waals surface area contributed by atoms with Crippen LogP contribution in [-0.2, 0) is 4.79 Å². The maximum Gasteiger partial charge on any atom is 0.310 e. The van der Waals surface area contributed by atoms with E-state index in [4.69, 9.17) is 0 Å². The molecular formula is C17H19NO2. The van der Waals surface area contributed by atoms with Gasteiger partial charge < -0.3 is 5.11 Å². The van der Waals surface area contributed by atoms with Crippen LogP contribution in [0.2, 0.25) is 0 Å². The van der Waals surface area contributed by atoms with Gasteiger partial charge >= 0.3 is 5.97 Å². The van der Waals surface area contributed by atoms with Crippen molar-refractivity contribution >= 4 is 22.9 Å². The topological polar surface area (TPSA) is 50.2 Å². The molecular weight excluding hydrogens is 250 g/mol. The monoisotopic (exact) mass is 269 g/mol. The molecule has 1 atom stereocenters. The Hall–Kier alpha value is -2.16. The van der Waals surface area contributed by atoms with Crippen LogP contribution in [0.25, 0.3) is 17.0 Å². The highest BCUT2D eigenvalue weighted by molar-refractivity contribution is 5.87. The van der Waals surface area contributed by atoms with Crippen molar-refractivity contribution < 1.29 is 9.90 Å². The van der Waals surface area contributed by atoms with Gasteiger partial charge in [0.05, 0.1) is 11.4 Å². The highest BCUT2D eigenvalue weighted by atomic mass is 16.4. The Morgan fingerprint density at radius 3 is 2.60 bits per heavy atom. The van der Waals surface area contributed by atoms with E-state index >= 15 is 0 Å². The van der Waals surface area contributed by atoms with Crippen molar-refractivity contribution in [2.24, 2.45) is 11.3 Å². The average molecular weight is 269 g/mol. The molecule has 0 fully saturated rings. The van der Waals surface area contributed by atoms with Crippen molar-refractivity contribution in [2.75, 3.05) is 0 Å². The highest BCUT2D eigenvalue weighted by Gasteiger charge is 2.28. The van der Waals surface area contributed by atoms with Crippen LogP contribution in [0.4, 0.5) is 0 Å². The van der Waals surface area contributed by atoms with E-state index in [2.05, 4.69) is 4.98 Å². The molecule has 0 bridgehead atoms. The maximum atomic E-state index is 11.4. The Balaban J connectivity index is 2.41. The molecule has 20 heavy (non-hydrogen) atoms. The van der Waals surface area contributed by atoms with Gasteiger partial charge in [-0.3, -0.25) is 9.78 Å². The molecule has 1 heterocycles. The molecule has 0 aliphatic heterocycles. The first kappa shape index (κ1) is 14.3. The van der Waals surface area contributed by atoms with Crippen LogP contribution >= 0.6 is 0 Å². The number of aliphatic carboxylic acids is 1. The Morgan fingerprint density at radius 2 is 1.95 bits per heavy atom. The first-order chi connectivity index (χ1) is 9.39. The zero-order valence-corrected chi connectivity index (χ0v) is 12.0. The number of rotatable bonds is 3. The minimum atomic E-state index is -0.804. The molecule has 0 amide bonds. The molecule has 2 aromatic rings. The second-order valence-electron chi connectivity index (χ2n) is 5.96. The zero-order chi connectivity index (χ0) is 14.8. The summed E-state index contributed by atoms with van der Waals surface area (Å²) in [5.74, 6) is -1.33. The van der Waals surface area contributed by atoms with Crippen molar-refractivity contribution in [3.8, 4) is 0 Å². The zero-order valence-electron chi connectivity index (χ0n) is 12.0. The lowest BCUT2D eigenvalue weighted by atomic mass is 9.80. The van der Waals surface area contributed by atoms with E-state index in [-0.39, 0.29) is 5.41 Å². The molecule has 0 spiro atoms. The van der Waals surface area contributed by atoms with E-state index in [0.29, 0.717) is 0 Å². The van der Waals surface area contributed by atoms with Gasteiger partial charge in [0.25, 0.3) is 0 Å². The Bertz CT molecular complexity index is 648. The third-order valence-electron chi connectivity index (χ3n) is 3.33. The van der Waals surface area contributed by atoms with E-state index in [1.54, 1.807) is 12.3 Å². The van der Waals surface area contributed by atoms with Gasteiger partial charge in [0.2, 0.25) is 0 Å². The molecule has 104 valence electrons. The maximum absolute atomic E-state index is 11.4. The Morgan fingerprint density at radius 1 is 1.25 bits per heavy atom. The van der Waals surface area contributed by atoms with Crippen molar-refractivity contribution in [1.82, 2.24) is 4.98 Å². The summed E-state index contributed by atoms with van der Waals surface area (Å²) in [4.78, 5) is 15.7. The van der Waals surface area contributed by atoms with Crippen LogP contribution in [0, 0.1) is 11.3 Å². The number of fused-ring (bicyclic) bond motifs is 1. The summed E-state index contributed by atoms with van der Waals surface area (Å²) in [6, 6.07) is 9.80. The predicted molar refractivity (Wildman–Crippen MR) is 81.4 cm³/mol. The number of para-hydroxylation sites is 1. The molecule has 1 aromatic carbocycles. The number of nitrogens with zero attached hydrogens (tertiary/aromatic N) is 1. The summed E-state index contributed by atoms with van der Waals surface area (Å²) in [7, 11) is 0. The number of carbonyl (C=O) groups is 1. The molecule has 0 unspecified atom stereocenters. The molecule has 0 saturated heterocycles. The summed E-state index contributed by atoms with van der Waals surface area (Å²) in [5, 5.41) is 10.4. The van der Waals surface area contributed by atoms with Crippen LogP contribution < -0.4 is 0 Å². The van der Waals surface area contributed by atoms with E-state index in [1.807, 2.05) is 57.2 Å². The number of carboxylic acid groups (broad SMARTS) is 1. The normalized spacial score (nSPS) is 13.8. The molecule has 3 nitrogen and oxygen atoms in total. The fourth-order valence-electron chi connectivity index (χ4n) is 2.20. The summed E-state index contributed by atoms with van der Waals surface area (Å²) in [6.07, 6.45) is 5.36. The first-order valence-corrected chi connectivity index (χ1v) is 6.64. The minimum absolute atomic E-state index is 0.319. The fraction of sp³-hybridized carbons (Fsp3) is 0.294. The van der Waals surface area contributed by atoms with Gasteiger partial charge in [0.15, 0.2) is 0 Å². The van der Waals surface area contributed by atoms with Gasteiger partial charge in [0, 0.05) is 17.1 Å². The molecule has 1 N–H and O–H groups in total. The van der Waals surface area contributed by atoms with Gasteiger partial charge in [-0.15, -0.1) is 0 Å². The van der Waals surface area contributed by atoms with Crippen molar-refractivity contribution in [3.05, 3.63) is 48.2 Å². The van der Waals surface area contributed by atoms with Gasteiger partial charge in [-0.05, 0) is 11.5 Å². The highest BCUT2D eigenvalue weighted by Crippen LogP contribution is 2.28. The number of benzene rings is 1. The lowest BCUT2D eigenvalue weighted by molar-refractivity contribution is -0.143. The van der Waals surface area contributed by atoms with E-state index in [9.17, 15) is 9.90 Å². The molecule has 2 rings (SSSR count). The van der Waals surface area contributed by atoms with Crippen molar-refractivity contribution in [2.45, 2.75) is 20.8 Å². The third kappa shape index (κ3) is 3.05. The lowest BCUT2D eigenvalue weighted by Gasteiger charge is -2.24. The molecule has 0 saturated carbocycles. The Kier molecular flexibility index (Phi) is 3.89. The Labute approximate surface area is 119 Å². The summed E-state index contributed by atoms with van der Waals surface area (Å²) in [6.45, 7) is 5.78. The summed E-state index contributed by atoms with van der Waals surface area (Å²) < 4.78 is 0. The standard InChI is InChI=1S/C17H19NO2/c1-17(2,3)14(16(19)20)10-9-13-7-4-6-12-8-5-11-18-15(12)13/h4-11,14H,1-3H3,(H,19,20)/b10-9+/t14-/m1/s1. The summed E-state index contributed by atoms with van der Waals surface area (Å²) in [5.41, 5.74) is 1.52. The van der Waals surface area contributed by atoms with Crippen molar-refractivity contribution in [3.63, 3.8) is 0 Å². The quantitative estimate of drug-likeness (QED) is 0.916. The smallest absolute Gasteiger partial charge is 0.310 e. The van der Waals surface area contributed by atoms with Crippen molar-refractivity contribution in [1.29, 1.82) is 0 Å². The second kappa shape index (κ2) is 5.45. The van der Waals surface area contributed by atoms with Crippen LogP contribution in [0.3, 0.4) is 0 Å². The average Bonchev–Trinajstić information content (AvgIpc) is 2.37. The van der Waals surface area contributed by atoms with Crippen LogP contribution in [0.1, 0.15) is 26.3 Å². The van der Waals surface area contributed by atoms with Crippen LogP contribution in [0.5, 0.6) is 0 Å². The van der Waals surface area contributed by atoms with Crippen LogP contribution in [0.15, 0.2) is 42.6 Å². The molecule has 0 aliphatic rings. The van der Waals surface area contributed by atoms with Gasteiger partial charge in [-0.25, -0.2) is 0 Å². The number of hydrogen-bond donors (Lipinski definition) is 1. The van der Waals surface area contributed by atoms with Crippen LogP contribution in [-0.4, -0.2) is 16.1 Å². The molecule has 0 radical (unpaired) electrons. The van der Waals surface area contributed by atoms with Gasteiger partial charge in [-0.1, -0.05) is 57.2 Å². The molecule has 1 aromatic heterocycles. The van der Waals surface area contributed by atoms with Gasteiger partial charge in [-0.2, -0.15) is 0 Å². The second-order valence-corrected chi connectivity index (χ2v) is 5.96. The lowest BCUT2D eigenvalue weighted by Crippen LogP contribution is -2.26. The van der Waals surface area contributed by atoms with E-state index in [0.717, 1.165) is 16.5 Å². The number of pyridine rings is 1. The molecule has 0 aliphatic carbocycles. The molecule has 3 heteroatoms. The third-order valence-corrected chi connectivity index (χ3v) is 3.33. The van der Waals surface area contributed by atoms with E-state index < -0.39 is 11.9 Å². The number of hydrogen-bond acceptors (Lipinski definition) is 2. The predicted octanol–water partition coefficient (Wildman–Crippen LogP) is 3.99. The first-order valence-electron chi connectivity index (χ1n) is 6.64. The van der Waals surface area contributed by atoms with Gasteiger partial charge in [0.1, 0.15) is 0 Å². The van der Waals surface area contributed by atoms with E-state index in [1.165, 1.54) is 0 Å². The fourth-order valence-corrected chi connectivity index (χ4v) is 2.20. The number of aromatic nitrogens is 1. The summed E-state index contributed by atoms with van der Waals surface area (Å²) >= 11 is 0.